The fourth-order valence-corrected chi connectivity index (χ4v) is 2.07. The molecule has 1 fully saturated rings. The number of rotatable bonds is 3. The van der Waals surface area contributed by atoms with Gasteiger partial charge < -0.3 is 9.47 Å². The first-order valence-electron chi connectivity index (χ1n) is 4.94. The van der Waals surface area contributed by atoms with E-state index in [1.807, 2.05) is 0 Å². The molecule has 0 N–H and O–H groups in total. The smallest absolute Gasteiger partial charge is 0.0625 e. The van der Waals surface area contributed by atoms with E-state index in [1.54, 1.807) is 7.11 Å². The van der Waals surface area contributed by atoms with Crippen LogP contribution in [0.15, 0.2) is 0 Å². The third-order valence-corrected chi connectivity index (χ3v) is 2.83. The zero-order valence-electron chi connectivity index (χ0n) is 8.38. The van der Waals surface area contributed by atoms with Crippen LogP contribution in [0.4, 0.5) is 0 Å². The van der Waals surface area contributed by atoms with E-state index in [1.165, 1.54) is 19.3 Å². The molecule has 0 bridgehead atoms. The summed E-state index contributed by atoms with van der Waals surface area (Å²) in [6, 6.07) is 0. The van der Waals surface area contributed by atoms with Crippen molar-refractivity contribution in [3.63, 3.8) is 0 Å². The van der Waals surface area contributed by atoms with E-state index in [9.17, 15) is 0 Å². The molecule has 12 heavy (non-hydrogen) atoms. The SMILES string of the molecule is CCO[C@@H]1CCC[C@H](OC)[C@@H]1C. The molecule has 2 heteroatoms. The zero-order chi connectivity index (χ0) is 8.97. The van der Waals surface area contributed by atoms with E-state index in [-0.39, 0.29) is 0 Å². The lowest BCUT2D eigenvalue weighted by atomic mass is 9.85. The maximum atomic E-state index is 5.65. The van der Waals surface area contributed by atoms with Crippen LogP contribution in [0.3, 0.4) is 0 Å². The molecule has 72 valence electrons. The molecule has 0 saturated heterocycles. The molecule has 3 atom stereocenters. The summed E-state index contributed by atoms with van der Waals surface area (Å²) in [4.78, 5) is 0. The number of hydrogen-bond acceptors (Lipinski definition) is 2. The van der Waals surface area contributed by atoms with Crippen molar-refractivity contribution in [2.75, 3.05) is 13.7 Å². The van der Waals surface area contributed by atoms with E-state index in [0.717, 1.165) is 6.61 Å². The van der Waals surface area contributed by atoms with Crippen LogP contribution in [-0.4, -0.2) is 25.9 Å². The molecule has 0 amide bonds. The molecule has 0 aromatic carbocycles. The lowest BCUT2D eigenvalue weighted by Crippen LogP contribution is -2.37. The van der Waals surface area contributed by atoms with Gasteiger partial charge in [-0.1, -0.05) is 6.92 Å². The minimum absolute atomic E-state index is 0.412. The topological polar surface area (TPSA) is 18.5 Å². The molecule has 0 aromatic rings. The van der Waals surface area contributed by atoms with E-state index in [0.29, 0.717) is 18.1 Å². The van der Waals surface area contributed by atoms with Crippen molar-refractivity contribution in [2.24, 2.45) is 5.92 Å². The fraction of sp³-hybridized carbons (Fsp3) is 1.00. The Labute approximate surface area is 75.2 Å². The highest BCUT2D eigenvalue weighted by Crippen LogP contribution is 2.28. The molecular formula is C10H20O2. The van der Waals surface area contributed by atoms with Gasteiger partial charge in [-0.05, 0) is 26.2 Å². The molecule has 1 aliphatic carbocycles. The van der Waals surface area contributed by atoms with Crippen LogP contribution in [0.25, 0.3) is 0 Å². The van der Waals surface area contributed by atoms with Crippen molar-refractivity contribution in [3.05, 3.63) is 0 Å². The van der Waals surface area contributed by atoms with Crippen LogP contribution >= 0.6 is 0 Å². The largest absolute Gasteiger partial charge is 0.381 e. The summed E-state index contributed by atoms with van der Waals surface area (Å²) in [5, 5.41) is 0. The van der Waals surface area contributed by atoms with Crippen LogP contribution in [0.1, 0.15) is 33.1 Å². The average molecular weight is 172 g/mol. The number of hydrogen-bond donors (Lipinski definition) is 0. The highest BCUT2D eigenvalue weighted by Gasteiger charge is 2.29. The molecular weight excluding hydrogens is 152 g/mol. The molecule has 0 aliphatic heterocycles. The maximum Gasteiger partial charge on any atom is 0.0625 e. The van der Waals surface area contributed by atoms with Crippen LogP contribution < -0.4 is 0 Å². The summed E-state index contributed by atoms with van der Waals surface area (Å²) in [7, 11) is 1.80. The lowest BCUT2D eigenvalue weighted by Gasteiger charge is -2.34. The summed E-state index contributed by atoms with van der Waals surface area (Å²) in [5.74, 6) is 0.559. The monoisotopic (exact) mass is 172 g/mol. The first-order valence-corrected chi connectivity index (χ1v) is 4.94. The molecule has 2 nitrogen and oxygen atoms in total. The van der Waals surface area contributed by atoms with Gasteiger partial charge in [-0.2, -0.15) is 0 Å². The van der Waals surface area contributed by atoms with Gasteiger partial charge in [0.25, 0.3) is 0 Å². The standard InChI is InChI=1S/C10H20O2/c1-4-12-10-7-5-6-9(11-3)8(10)2/h8-10H,4-7H2,1-3H3/t8-,9-,10+/m0/s1. The molecule has 0 radical (unpaired) electrons. The molecule has 0 aromatic heterocycles. The third-order valence-electron chi connectivity index (χ3n) is 2.83. The average Bonchev–Trinajstić information content (AvgIpc) is 2.09. The van der Waals surface area contributed by atoms with Gasteiger partial charge in [-0.3, -0.25) is 0 Å². The minimum Gasteiger partial charge on any atom is -0.381 e. The Morgan fingerprint density at radius 2 is 1.92 bits per heavy atom. The van der Waals surface area contributed by atoms with Crippen molar-refractivity contribution in [1.82, 2.24) is 0 Å². The minimum atomic E-state index is 0.412. The van der Waals surface area contributed by atoms with Crippen molar-refractivity contribution in [1.29, 1.82) is 0 Å². The van der Waals surface area contributed by atoms with Crippen LogP contribution in [0.2, 0.25) is 0 Å². The predicted octanol–water partition coefficient (Wildman–Crippen LogP) is 2.23. The second-order valence-corrected chi connectivity index (χ2v) is 3.56. The van der Waals surface area contributed by atoms with Gasteiger partial charge in [-0.25, -0.2) is 0 Å². The Morgan fingerprint density at radius 1 is 1.25 bits per heavy atom. The maximum absolute atomic E-state index is 5.65. The molecule has 1 aliphatic rings. The van der Waals surface area contributed by atoms with Gasteiger partial charge in [0.2, 0.25) is 0 Å². The Kier molecular flexibility index (Phi) is 4.02. The molecule has 1 rings (SSSR count). The van der Waals surface area contributed by atoms with Gasteiger partial charge in [0.1, 0.15) is 0 Å². The second kappa shape index (κ2) is 4.83. The fourth-order valence-electron chi connectivity index (χ4n) is 2.07. The highest BCUT2D eigenvalue weighted by molar-refractivity contribution is 4.80. The third kappa shape index (κ3) is 2.20. The Balaban J connectivity index is 2.41. The normalized spacial score (nSPS) is 36.8. The number of methoxy groups -OCH3 is 1. The Bertz CT molecular complexity index is 123. The summed E-state index contributed by atoms with van der Waals surface area (Å²) < 4.78 is 11.0. The summed E-state index contributed by atoms with van der Waals surface area (Å²) in [6.45, 7) is 5.11. The predicted molar refractivity (Wildman–Crippen MR) is 49.2 cm³/mol. The van der Waals surface area contributed by atoms with Crippen molar-refractivity contribution in [2.45, 2.75) is 45.3 Å². The summed E-state index contributed by atoms with van der Waals surface area (Å²) in [6.07, 6.45) is 4.48. The second-order valence-electron chi connectivity index (χ2n) is 3.56. The van der Waals surface area contributed by atoms with Gasteiger partial charge in [0.15, 0.2) is 0 Å². The Hall–Kier alpha value is -0.0800. The quantitative estimate of drug-likeness (QED) is 0.650. The molecule has 1 saturated carbocycles. The van der Waals surface area contributed by atoms with Crippen molar-refractivity contribution in [3.8, 4) is 0 Å². The van der Waals surface area contributed by atoms with E-state index in [2.05, 4.69) is 13.8 Å². The highest BCUT2D eigenvalue weighted by atomic mass is 16.5. The van der Waals surface area contributed by atoms with Gasteiger partial charge in [0.05, 0.1) is 12.2 Å². The Morgan fingerprint density at radius 3 is 2.50 bits per heavy atom. The zero-order valence-corrected chi connectivity index (χ0v) is 8.38. The van der Waals surface area contributed by atoms with E-state index in [4.69, 9.17) is 9.47 Å². The first-order chi connectivity index (χ1) is 5.79. The molecule has 0 spiro atoms. The summed E-state index contributed by atoms with van der Waals surface area (Å²) >= 11 is 0. The van der Waals surface area contributed by atoms with Gasteiger partial charge in [-0.15, -0.1) is 0 Å². The number of ether oxygens (including phenoxy) is 2. The summed E-state index contributed by atoms with van der Waals surface area (Å²) in [5.41, 5.74) is 0. The van der Waals surface area contributed by atoms with Gasteiger partial charge in [0, 0.05) is 19.6 Å². The first kappa shape index (κ1) is 10.0. The molecule has 0 heterocycles. The van der Waals surface area contributed by atoms with Crippen LogP contribution in [-0.2, 0) is 9.47 Å². The van der Waals surface area contributed by atoms with Crippen LogP contribution in [0, 0.1) is 5.92 Å². The van der Waals surface area contributed by atoms with Gasteiger partial charge >= 0.3 is 0 Å². The van der Waals surface area contributed by atoms with E-state index >= 15 is 0 Å². The van der Waals surface area contributed by atoms with Crippen molar-refractivity contribution < 1.29 is 9.47 Å². The molecule has 0 unspecified atom stereocenters. The lowest BCUT2D eigenvalue weighted by molar-refractivity contribution is -0.0688. The van der Waals surface area contributed by atoms with Crippen molar-refractivity contribution >= 4 is 0 Å². The van der Waals surface area contributed by atoms with E-state index < -0.39 is 0 Å². The van der Waals surface area contributed by atoms with Crippen LogP contribution in [0.5, 0.6) is 0 Å².